The van der Waals surface area contributed by atoms with Crippen molar-refractivity contribution in [1.82, 2.24) is 14.7 Å². The van der Waals surface area contributed by atoms with Crippen LogP contribution in [0.2, 0.25) is 0 Å². The minimum Gasteiger partial charge on any atom is -0.497 e. The molecule has 0 spiro atoms. The lowest BCUT2D eigenvalue weighted by molar-refractivity contribution is 0.0724. The zero-order valence-corrected chi connectivity index (χ0v) is 15.0. The van der Waals surface area contributed by atoms with E-state index in [0.717, 1.165) is 24.3 Å². The molecule has 0 radical (unpaired) electrons. The van der Waals surface area contributed by atoms with E-state index in [-0.39, 0.29) is 11.9 Å². The summed E-state index contributed by atoms with van der Waals surface area (Å²) in [5.74, 6) is 1.28. The fraction of sp³-hybridized carbons (Fsp3) is 0.474. The Hall–Kier alpha value is -2.34. The standard InChI is InChI=1S/C19H25N3O3/c1-14-12-18(15-4-6-16(25-3)7-5-15)22(13-14)19(23)17-8-9-21(20-17)10-11-24-2/h4-9,14,18H,10-13H2,1-3H3/t14-,18+/m0/s1. The lowest BCUT2D eigenvalue weighted by Crippen LogP contribution is -2.31. The van der Waals surface area contributed by atoms with Crippen molar-refractivity contribution >= 4 is 5.91 Å². The van der Waals surface area contributed by atoms with Gasteiger partial charge in [0.1, 0.15) is 11.4 Å². The molecule has 6 heteroatoms. The molecule has 2 aromatic rings. The van der Waals surface area contributed by atoms with Gasteiger partial charge >= 0.3 is 0 Å². The van der Waals surface area contributed by atoms with Crippen LogP contribution in [0.15, 0.2) is 36.5 Å². The molecule has 3 rings (SSSR count). The Morgan fingerprint density at radius 2 is 2.00 bits per heavy atom. The molecule has 1 amide bonds. The van der Waals surface area contributed by atoms with Crippen LogP contribution in [0.3, 0.4) is 0 Å². The Kier molecular flexibility index (Phi) is 5.38. The second-order valence-electron chi connectivity index (χ2n) is 6.54. The molecule has 25 heavy (non-hydrogen) atoms. The van der Waals surface area contributed by atoms with Crippen LogP contribution in [0.25, 0.3) is 0 Å². The van der Waals surface area contributed by atoms with E-state index in [0.29, 0.717) is 24.8 Å². The maximum absolute atomic E-state index is 13.0. The van der Waals surface area contributed by atoms with Crippen molar-refractivity contribution in [1.29, 1.82) is 0 Å². The van der Waals surface area contributed by atoms with Gasteiger partial charge in [0.2, 0.25) is 0 Å². The number of hydrogen-bond acceptors (Lipinski definition) is 4. The van der Waals surface area contributed by atoms with Crippen molar-refractivity contribution in [3.8, 4) is 5.75 Å². The highest BCUT2D eigenvalue weighted by Crippen LogP contribution is 2.36. The van der Waals surface area contributed by atoms with Crippen molar-refractivity contribution in [2.75, 3.05) is 27.4 Å². The van der Waals surface area contributed by atoms with Crippen molar-refractivity contribution in [3.05, 3.63) is 47.8 Å². The molecule has 2 atom stereocenters. The lowest BCUT2D eigenvalue weighted by Gasteiger charge is -2.24. The van der Waals surface area contributed by atoms with Crippen molar-refractivity contribution in [3.63, 3.8) is 0 Å². The second kappa shape index (κ2) is 7.70. The topological polar surface area (TPSA) is 56.6 Å². The number of aromatic nitrogens is 2. The minimum absolute atomic E-state index is 0.0127. The van der Waals surface area contributed by atoms with E-state index in [1.54, 1.807) is 25.0 Å². The van der Waals surface area contributed by atoms with E-state index >= 15 is 0 Å². The molecule has 1 aromatic carbocycles. The maximum Gasteiger partial charge on any atom is 0.274 e. The average Bonchev–Trinajstić information content (AvgIpc) is 3.26. The van der Waals surface area contributed by atoms with Gasteiger partial charge in [-0.3, -0.25) is 9.48 Å². The van der Waals surface area contributed by atoms with E-state index in [1.165, 1.54) is 0 Å². The fourth-order valence-electron chi connectivity index (χ4n) is 3.34. The molecule has 0 aliphatic carbocycles. The van der Waals surface area contributed by atoms with Gasteiger partial charge in [-0.15, -0.1) is 0 Å². The van der Waals surface area contributed by atoms with Crippen LogP contribution < -0.4 is 4.74 Å². The van der Waals surface area contributed by atoms with Gasteiger partial charge in [-0.1, -0.05) is 19.1 Å². The quantitative estimate of drug-likeness (QED) is 0.809. The summed E-state index contributed by atoms with van der Waals surface area (Å²) in [6.45, 7) is 4.15. The number of ether oxygens (including phenoxy) is 2. The summed E-state index contributed by atoms with van der Waals surface area (Å²) >= 11 is 0. The van der Waals surface area contributed by atoms with Crippen molar-refractivity contribution in [2.24, 2.45) is 5.92 Å². The van der Waals surface area contributed by atoms with Crippen LogP contribution in [0.4, 0.5) is 0 Å². The number of carbonyl (C=O) groups is 1. The molecule has 1 fully saturated rings. The molecule has 6 nitrogen and oxygen atoms in total. The van der Waals surface area contributed by atoms with Gasteiger partial charge in [0.05, 0.1) is 26.3 Å². The average molecular weight is 343 g/mol. The second-order valence-corrected chi connectivity index (χ2v) is 6.54. The molecule has 1 aliphatic heterocycles. The Morgan fingerprint density at radius 1 is 1.24 bits per heavy atom. The Bertz CT molecular complexity index is 711. The Labute approximate surface area is 148 Å². The molecule has 1 aromatic heterocycles. The SMILES string of the molecule is COCCn1ccc(C(=O)N2C[C@@H](C)C[C@@H]2c2ccc(OC)cc2)n1. The number of rotatable bonds is 6. The summed E-state index contributed by atoms with van der Waals surface area (Å²) in [7, 11) is 3.31. The van der Waals surface area contributed by atoms with E-state index in [2.05, 4.69) is 12.0 Å². The molecule has 0 saturated carbocycles. The van der Waals surface area contributed by atoms with E-state index in [4.69, 9.17) is 9.47 Å². The summed E-state index contributed by atoms with van der Waals surface area (Å²) in [4.78, 5) is 14.9. The number of methoxy groups -OCH3 is 2. The molecule has 0 unspecified atom stereocenters. The number of amides is 1. The number of likely N-dealkylation sites (tertiary alicyclic amines) is 1. The predicted octanol–water partition coefficient (Wildman–Crippen LogP) is 2.76. The zero-order valence-electron chi connectivity index (χ0n) is 15.0. The van der Waals surface area contributed by atoms with Gasteiger partial charge in [-0.25, -0.2) is 0 Å². The number of nitrogens with zero attached hydrogens (tertiary/aromatic N) is 3. The molecule has 134 valence electrons. The molecular weight excluding hydrogens is 318 g/mol. The number of carbonyl (C=O) groups excluding carboxylic acids is 1. The third-order valence-electron chi connectivity index (χ3n) is 4.66. The molecule has 0 bridgehead atoms. The van der Waals surface area contributed by atoms with Gasteiger partial charge in [0, 0.05) is 19.9 Å². The normalized spacial score (nSPS) is 20.0. The van der Waals surface area contributed by atoms with Crippen molar-refractivity contribution < 1.29 is 14.3 Å². The summed E-state index contributed by atoms with van der Waals surface area (Å²) in [6, 6.07) is 9.84. The van der Waals surface area contributed by atoms with Crippen LogP contribution >= 0.6 is 0 Å². The third kappa shape index (κ3) is 3.85. The summed E-state index contributed by atoms with van der Waals surface area (Å²) in [6.07, 6.45) is 2.79. The van der Waals surface area contributed by atoms with E-state index < -0.39 is 0 Å². The lowest BCUT2D eigenvalue weighted by atomic mass is 10.0. The third-order valence-corrected chi connectivity index (χ3v) is 4.66. The van der Waals surface area contributed by atoms with Crippen LogP contribution in [0.1, 0.15) is 35.4 Å². The van der Waals surface area contributed by atoms with Gasteiger partial charge in [0.15, 0.2) is 0 Å². The van der Waals surface area contributed by atoms with E-state index in [9.17, 15) is 4.79 Å². The highest BCUT2D eigenvalue weighted by Gasteiger charge is 2.35. The van der Waals surface area contributed by atoms with Crippen LogP contribution in [0.5, 0.6) is 5.75 Å². The zero-order chi connectivity index (χ0) is 17.8. The Balaban J connectivity index is 1.78. The predicted molar refractivity (Wildman–Crippen MR) is 94.7 cm³/mol. The molecule has 2 heterocycles. The molecule has 1 aliphatic rings. The first-order valence-electron chi connectivity index (χ1n) is 8.59. The van der Waals surface area contributed by atoms with Crippen molar-refractivity contribution in [2.45, 2.75) is 25.9 Å². The summed E-state index contributed by atoms with van der Waals surface area (Å²) < 4.78 is 12.0. The summed E-state index contributed by atoms with van der Waals surface area (Å²) in [5.41, 5.74) is 1.63. The monoisotopic (exact) mass is 343 g/mol. The first-order chi connectivity index (χ1) is 12.1. The highest BCUT2D eigenvalue weighted by molar-refractivity contribution is 5.92. The van der Waals surface area contributed by atoms with E-state index in [1.807, 2.05) is 35.4 Å². The molecule has 0 N–H and O–H groups in total. The van der Waals surface area contributed by atoms with Crippen LogP contribution in [-0.4, -0.2) is 48.0 Å². The smallest absolute Gasteiger partial charge is 0.274 e. The first kappa shape index (κ1) is 17.5. The summed E-state index contributed by atoms with van der Waals surface area (Å²) in [5, 5.41) is 4.40. The number of benzene rings is 1. The highest BCUT2D eigenvalue weighted by atomic mass is 16.5. The maximum atomic E-state index is 13.0. The largest absolute Gasteiger partial charge is 0.497 e. The van der Waals surface area contributed by atoms with Crippen LogP contribution in [-0.2, 0) is 11.3 Å². The van der Waals surface area contributed by atoms with Crippen LogP contribution in [0, 0.1) is 5.92 Å². The fourth-order valence-corrected chi connectivity index (χ4v) is 3.34. The number of hydrogen-bond donors (Lipinski definition) is 0. The first-order valence-corrected chi connectivity index (χ1v) is 8.59. The Morgan fingerprint density at radius 3 is 2.68 bits per heavy atom. The molecule has 1 saturated heterocycles. The van der Waals surface area contributed by atoms with Gasteiger partial charge < -0.3 is 14.4 Å². The van der Waals surface area contributed by atoms with Gasteiger partial charge in [-0.2, -0.15) is 5.10 Å². The minimum atomic E-state index is -0.0127. The molecular formula is C19H25N3O3. The van der Waals surface area contributed by atoms with Gasteiger partial charge in [0.25, 0.3) is 5.91 Å². The van der Waals surface area contributed by atoms with Gasteiger partial charge in [-0.05, 0) is 36.1 Å².